The summed E-state index contributed by atoms with van der Waals surface area (Å²) in [6, 6.07) is 0. The molecule has 0 amide bonds. The fourth-order valence-electron chi connectivity index (χ4n) is 3.81. The lowest BCUT2D eigenvalue weighted by Crippen LogP contribution is -2.52. The van der Waals surface area contributed by atoms with Crippen molar-refractivity contribution in [2.75, 3.05) is 0 Å². The van der Waals surface area contributed by atoms with Gasteiger partial charge < -0.3 is 0 Å². The van der Waals surface area contributed by atoms with E-state index in [9.17, 15) is 0 Å². The Morgan fingerprint density at radius 3 is 1.69 bits per heavy atom. The van der Waals surface area contributed by atoms with Gasteiger partial charge in [-0.05, 0) is 11.1 Å². The van der Waals surface area contributed by atoms with Crippen LogP contribution in [-0.2, 0) is 0 Å². The van der Waals surface area contributed by atoms with Crippen LogP contribution in [0.2, 0.25) is 37.3 Å². The van der Waals surface area contributed by atoms with Gasteiger partial charge in [-0.2, -0.15) is 0 Å². The highest BCUT2D eigenvalue weighted by molar-refractivity contribution is 7.00. The average molecular weight is 244 g/mol. The molecule has 1 saturated heterocycles. The highest BCUT2D eigenvalue weighted by Gasteiger charge is 2.54. The van der Waals surface area contributed by atoms with Crippen molar-refractivity contribution < 1.29 is 0 Å². The zero-order valence-electron chi connectivity index (χ0n) is 10.6. The van der Waals surface area contributed by atoms with Crippen LogP contribution in [0, 0.1) is 0 Å². The summed E-state index contributed by atoms with van der Waals surface area (Å²) >= 11 is 0. The molecule has 0 aromatic heterocycles. The molecule has 2 atom stereocenters. The lowest BCUT2D eigenvalue weighted by Gasteiger charge is -2.49. The molecule has 2 aliphatic carbocycles. The molecule has 0 aromatic rings. The van der Waals surface area contributed by atoms with Gasteiger partial charge in [-0.25, -0.2) is 0 Å². The second kappa shape index (κ2) is 2.99. The van der Waals surface area contributed by atoms with Crippen LogP contribution >= 0.6 is 0 Å². The lowest BCUT2D eigenvalue weighted by molar-refractivity contribution is 1.08. The highest BCUT2D eigenvalue weighted by atomic mass is 28.3. The first-order chi connectivity index (χ1) is 7.45. The third-order valence-corrected chi connectivity index (χ3v) is 13.5. The summed E-state index contributed by atoms with van der Waals surface area (Å²) in [5.41, 5.74) is 1.64. The number of hydrogen-bond donors (Lipinski definition) is 0. The minimum Gasteiger partial charge on any atom is -0.0804 e. The van der Waals surface area contributed by atoms with Gasteiger partial charge in [0.1, 0.15) is 8.07 Å². The third kappa shape index (κ3) is 1.09. The molecule has 0 nitrogen and oxygen atoms in total. The van der Waals surface area contributed by atoms with Crippen LogP contribution in [0.1, 0.15) is 0 Å². The van der Waals surface area contributed by atoms with E-state index in [4.69, 9.17) is 0 Å². The molecule has 84 valence electrons. The Bertz CT molecular complexity index is 421. The van der Waals surface area contributed by atoms with Crippen LogP contribution in [0.25, 0.3) is 0 Å². The Morgan fingerprint density at radius 2 is 1.25 bits per heavy atom. The molecule has 1 fully saturated rings. The van der Waals surface area contributed by atoms with E-state index in [-0.39, 0.29) is 0 Å². The molecule has 3 aliphatic rings. The summed E-state index contributed by atoms with van der Waals surface area (Å²) in [6.45, 7) is 10.2. The monoisotopic (exact) mass is 244 g/mol. The van der Waals surface area contributed by atoms with Crippen LogP contribution in [0.15, 0.2) is 46.8 Å². The van der Waals surface area contributed by atoms with Crippen LogP contribution in [0.5, 0.6) is 0 Å². The molecule has 0 radical (unpaired) electrons. The quantitative estimate of drug-likeness (QED) is 0.560. The molecule has 2 heteroatoms. The second-order valence-corrected chi connectivity index (χ2v) is 15.7. The van der Waals surface area contributed by atoms with Gasteiger partial charge in [0.15, 0.2) is 0 Å². The second-order valence-electron chi connectivity index (χ2n) is 6.42. The molecule has 0 saturated carbocycles. The predicted molar refractivity (Wildman–Crippen MR) is 76.9 cm³/mol. The standard InChI is InChI=1S/C14H20Si2/c1-15(2)11-7-5-9-13(11)16(3,4)14-10-6-8-12(14)15/h5-12H,1-4H3. The van der Waals surface area contributed by atoms with Crippen LogP contribution in [-0.4, -0.2) is 16.1 Å². The molecule has 1 aliphatic heterocycles. The SMILES string of the molecule is C[Si]1(C)C2=CC=CC2[Si](C)(C)C2C=CC=C21. The van der Waals surface area contributed by atoms with E-state index in [1.54, 1.807) is 10.4 Å². The van der Waals surface area contributed by atoms with E-state index >= 15 is 0 Å². The van der Waals surface area contributed by atoms with Gasteiger partial charge in [0.05, 0.1) is 8.07 Å². The maximum Gasteiger partial charge on any atom is 0.103 e. The van der Waals surface area contributed by atoms with Gasteiger partial charge in [-0.15, -0.1) is 0 Å². The summed E-state index contributed by atoms with van der Waals surface area (Å²) in [5, 5.41) is 3.60. The van der Waals surface area contributed by atoms with Crippen molar-refractivity contribution in [2.24, 2.45) is 0 Å². The first-order valence-corrected chi connectivity index (χ1v) is 12.4. The summed E-state index contributed by atoms with van der Waals surface area (Å²) in [6.07, 6.45) is 14.5. The van der Waals surface area contributed by atoms with E-state index in [0.717, 1.165) is 11.1 Å². The van der Waals surface area contributed by atoms with Gasteiger partial charge in [0.2, 0.25) is 0 Å². The average Bonchev–Trinajstić information content (AvgIpc) is 2.86. The van der Waals surface area contributed by atoms with Gasteiger partial charge in [-0.3, -0.25) is 0 Å². The summed E-state index contributed by atoms with van der Waals surface area (Å²) < 4.78 is 0. The Labute approximate surface area is 100 Å². The number of rotatable bonds is 0. The summed E-state index contributed by atoms with van der Waals surface area (Å²) in [5.74, 6) is 0. The molecule has 1 heterocycles. The van der Waals surface area contributed by atoms with E-state index in [0.29, 0.717) is 0 Å². The molecule has 2 unspecified atom stereocenters. The van der Waals surface area contributed by atoms with Crippen molar-refractivity contribution >= 4 is 16.1 Å². The minimum atomic E-state index is -1.31. The third-order valence-electron chi connectivity index (χ3n) is 4.88. The predicted octanol–water partition coefficient (Wildman–Crippen LogP) is 4.23. The topological polar surface area (TPSA) is 0 Å². The molecular weight excluding hydrogens is 224 g/mol. The largest absolute Gasteiger partial charge is 0.103 e. The Kier molecular flexibility index (Phi) is 1.97. The van der Waals surface area contributed by atoms with Crippen molar-refractivity contribution in [1.29, 1.82) is 0 Å². The maximum absolute atomic E-state index is 2.57. The van der Waals surface area contributed by atoms with Gasteiger partial charge in [-0.1, -0.05) is 73.0 Å². The summed E-state index contributed by atoms with van der Waals surface area (Å²) in [4.78, 5) is 0. The first kappa shape index (κ1) is 10.5. The molecular formula is C14H20Si2. The van der Waals surface area contributed by atoms with E-state index in [1.807, 2.05) is 0 Å². The lowest BCUT2D eigenvalue weighted by atomic mass is 10.4. The molecule has 3 rings (SSSR count). The fraction of sp³-hybridized carbons (Fsp3) is 0.429. The number of fused-ring (bicyclic) bond motifs is 2. The maximum atomic E-state index is 2.57. The number of allylic oxidation sites excluding steroid dienone is 8. The van der Waals surface area contributed by atoms with Gasteiger partial charge >= 0.3 is 0 Å². The molecule has 16 heavy (non-hydrogen) atoms. The molecule has 0 spiro atoms. The normalized spacial score (nSPS) is 36.8. The van der Waals surface area contributed by atoms with Gasteiger partial charge in [0, 0.05) is 0 Å². The zero-order chi connectivity index (χ0) is 11.6. The fourth-order valence-corrected chi connectivity index (χ4v) is 14.7. The van der Waals surface area contributed by atoms with Crippen molar-refractivity contribution in [2.45, 2.75) is 37.3 Å². The zero-order valence-corrected chi connectivity index (χ0v) is 12.6. The van der Waals surface area contributed by atoms with Crippen LogP contribution in [0.3, 0.4) is 0 Å². The summed E-state index contributed by atoms with van der Waals surface area (Å²) in [7, 11) is -2.52. The van der Waals surface area contributed by atoms with E-state index in [1.165, 1.54) is 0 Å². The molecule has 0 aromatic carbocycles. The highest BCUT2D eigenvalue weighted by Crippen LogP contribution is 2.57. The van der Waals surface area contributed by atoms with Crippen molar-refractivity contribution in [3.05, 3.63) is 46.8 Å². The minimum absolute atomic E-state index is 0.819. The first-order valence-electron chi connectivity index (χ1n) is 6.23. The van der Waals surface area contributed by atoms with Crippen molar-refractivity contribution in [1.82, 2.24) is 0 Å². The van der Waals surface area contributed by atoms with E-state index in [2.05, 4.69) is 62.6 Å². The van der Waals surface area contributed by atoms with Gasteiger partial charge in [0.25, 0.3) is 0 Å². The Morgan fingerprint density at radius 1 is 0.812 bits per heavy atom. The smallest absolute Gasteiger partial charge is 0.0804 e. The van der Waals surface area contributed by atoms with Crippen LogP contribution in [0.4, 0.5) is 0 Å². The van der Waals surface area contributed by atoms with E-state index < -0.39 is 16.1 Å². The Hall–Kier alpha value is -0.606. The number of hydrogen-bond acceptors (Lipinski definition) is 0. The Balaban J connectivity index is 2.19. The molecule has 0 N–H and O–H groups in total. The van der Waals surface area contributed by atoms with Crippen LogP contribution < -0.4 is 0 Å². The van der Waals surface area contributed by atoms with Crippen molar-refractivity contribution in [3.63, 3.8) is 0 Å². The van der Waals surface area contributed by atoms with Crippen molar-refractivity contribution in [3.8, 4) is 0 Å². The molecule has 0 bridgehead atoms.